The number of nitrogens with one attached hydrogen (secondary N) is 1. The third-order valence-corrected chi connectivity index (χ3v) is 4.19. The van der Waals surface area contributed by atoms with Gasteiger partial charge >= 0.3 is 0 Å². The van der Waals surface area contributed by atoms with Gasteiger partial charge in [-0.25, -0.2) is 14.4 Å². The lowest BCUT2D eigenvalue weighted by molar-refractivity contribution is 0.100. The molecule has 0 unspecified atom stereocenters. The Kier molecular flexibility index (Phi) is 4.39. The van der Waals surface area contributed by atoms with Crippen LogP contribution in [-0.2, 0) is 0 Å². The van der Waals surface area contributed by atoms with E-state index in [9.17, 15) is 9.18 Å². The molecule has 0 radical (unpaired) electrons. The first-order valence-electron chi connectivity index (χ1n) is 7.08. The van der Waals surface area contributed by atoms with Gasteiger partial charge in [0.05, 0.1) is 16.1 Å². The van der Waals surface area contributed by atoms with Crippen LogP contribution in [0.25, 0.3) is 11.0 Å². The molecule has 2 aromatic heterocycles. The highest BCUT2D eigenvalue weighted by Gasteiger charge is 2.15. The Morgan fingerprint density at radius 1 is 1.25 bits per heavy atom. The van der Waals surface area contributed by atoms with Crippen molar-refractivity contribution in [1.82, 2.24) is 15.0 Å². The van der Waals surface area contributed by atoms with Crippen LogP contribution in [0.3, 0.4) is 0 Å². The molecule has 3 N–H and O–H groups in total. The number of halogens is 2. The van der Waals surface area contributed by atoms with Gasteiger partial charge in [0.2, 0.25) is 0 Å². The number of aromatic nitrogens is 3. The lowest BCUT2D eigenvalue weighted by Gasteiger charge is -2.16. The van der Waals surface area contributed by atoms with Crippen molar-refractivity contribution >= 4 is 38.7 Å². The fraction of sp³-hybridized carbons (Fsp3) is 0.125. The minimum absolute atomic E-state index is 0.168. The Balaban J connectivity index is 1.99. The van der Waals surface area contributed by atoms with Crippen LogP contribution in [0, 0.1) is 5.82 Å². The van der Waals surface area contributed by atoms with Crippen molar-refractivity contribution in [2.45, 2.75) is 13.0 Å². The molecule has 0 saturated carbocycles. The molecule has 2 heterocycles. The van der Waals surface area contributed by atoms with E-state index >= 15 is 0 Å². The number of carbonyl (C=O) groups is 1. The molecule has 0 aliphatic heterocycles. The molecule has 0 aliphatic carbocycles. The summed E-state index contributed by atoms with van der Waals surface area (Å²) in [6, 6.07) is 6.11. The third kappa shape index (κ3) is 3.05. The fourth-order valence-corrected chi connectivity index (χ4v) is 2.73. The summed E-state index contributed by atoms with van der Waals surface area (Å²) >= 11 is 3.17. The first-order chi connectivity index (χ1) is 11.5. The molecular weight excluding hydrogens is 377 g/mol. The Labute approximate surface area is 145 Å². The van der Waals surface area contributed by atoms with E-state index in [0.29, 0.717) is 21.3 Å². The number of primary amides is 1. The van der Waals surface area contributed by atoms with Gasteiger partial charge in [-0.2, -0.15) is 0 Å². The average molecular weight is 390 g/mol. The van der Waals surface area contributed by atoms with Crippen LogP contribution in [0.4, 0.5) is 10.2 Å². The topological polar surface area (TPSA) is 93.8 Å². The van der Waals surface area contributed by atoms with E-state index in [1.54, 1.807) is 12.1 Å². The van der Waals surface area contributed by atoms with E-state index in [1.807, 2.05) is 6.92 Å². The van der Waals surface area contributed by atoms with Crippen LogP contribution in [-0.4, -0.2) is 20.9 Å². The normalized spacial score (nSPS) is 12.1. The Bertz CT molecular complexity index is 933. The second kappa shape index (κ2) is 6.48. The number of fused-ring (bicyclic) bond motifs is 1. The number of nitrogens with zero attached hydrogens (tertiary/aromatic N) is 3. The van der Waals surface area contributed by atoms with Gasteiger partial charge < -0.3 is 11.1 Å². The quantitative estimate of drug-likeness (QED) is 0.714. The van der Waals surface area contributed by atoms with Crippen molar-refractivity contribution in [3.63, 3.8) is 0 Å². The molecule has 8 heteroatoms. The number of hydrogen-bond acceptors (Lipinski definition) is 5. The van der Waals surface area contributed by atoms with Crippen molar-refractivity contribution in [3.05, 3.63) is 58.2 Å². The van der Waals surface area contributed by atoms with E-state index in [0.717, 1.165) is 5.56 Å². The molecular formula is C16H13BrFN5O. The Morgan fingerprint density at radius 3 is 2.75 bits per heavy atom. The summed E-state index contributed by atoms with van der Waals surface area (Å²) in [6.45, 7) is 1.91. The Morgan fingerprint density at radius 2 is 2.04 bits per heavy atom. The highest BCUT2D eigenvalue weighted by atomic mass is 79.9. The predicted molar refractivity (Wildman–Crippen MR) is 92.0 cm³/mol. The van der Waals surface area contributed by atoms with E-state index in [1.165, 1.54) is 24.7 Å². The molecule has 1 amide bonds. The molecule has 0 aliphatic rings. The van der Waals surface area contributed by atoms with Crippen molar-refractivity contribution in [2.24, 2.45) is 5.73 Å². The fourth-order valence-electron chi connectivity index (χ4n) is 2.34. The molecule has 3 rings (SSSR count). The second-order valence-corrected chi connectivity index (χ2v) is 6.04. The largest absolute Gasteiger partial charge is 0.366 e. The molecule has 0 fully saturated rings. The van der Waals surface area contributed by atoms with Crippen molar-refractivity contribution < 1.29 is 9.18 Å². The number of amides is 1. The summed E-state index contributed by atoms with van der Waals surface area (Å²) in [6.07, 6.45) is 2.82. The number of anilines is 1. The molecule has 24 heavy (non-hydrogen) atoms. The van der Waals surface area contributed by atoms with Crippen molar-refractivity contribution in [2.75, 3.05) is 5.32 Å². The number of hydrogen-bond donors (Lipinski definition) is 2. The standard InChI is InChI=1S/C16H13BrFN5O/c1-8(9-2-3-12(18)11(17)6-9)23-16-14-13(21-7-22-16)10(15(19)24)4-5-20-14/h2-8H,1H3,(H2,19,24)(H,21,22,23)/t8-/m0/s1. The first-order valence-corrected chi connectivity index (χ1v) is 7.87. The molecule has 0 bridgehead atoms. The maximum Gasteiger partial charge on any atom is 0.251 e. The molecule has 0 spiro atoms. The lowest BCUT2D eigenvalue weighted by Crippen LogP contribution is -2.14. The maximum absolute atomic E-state index is 13.4. The predicted octanol–water partition coefficient (Wildman–Crippen LogP) is 3.20. The van der Waals surface area contributed by atoms with Crippen LogP contribution in [0.5, 0.6) is 0 Å². The number of benzene rings is 1. The van der Waals surface area contributed by atoms with Gasteiger partial charge in [-0.05, 0) is 46.6 Å². The van der Waals surface area contributed by atoms with Gasteiger partial charge in [0.15, 0.2) is 5.82 Å². The number of carbonyl (C=O) groups excluding carboxylic acids is 1. The van der Waals surface area contributed by atoms with E-state index in [2.05, 4.69) is 36.2 Å². The van der Waals surface area contributed by atoms with Crippen molar-refractivity contribution in [1.29, 1.82) is 0 Å². The van der Waals surface area contributed by atoms with Crippen LogP contribution in [0.2, 0.25) is 0 Å². The third-order valence-electron chi connectivity index (χ3n) is 3.58. The summed E-state index contributed by atoms with van der Waals surface area (Å²) in [5.41, 5.74) is 7.34. The van der Waals surface area contributed by atoms with Gasteiger partial charge in [-0.1, -0.05) is 6.07 Å². The monoisotopic (exact) mass is 389 g/mol. The van der Waals surface area contributed by atoms with Gasteiger partial charge in [0.1, 0.15) is 23.2 Å². The molecule has 122 valence electrons. The SMILES string of the molecule is C[C@H](Nc1ncnc2c(C(N)=O)ccnc12)c1ccc(F)c(Br)c1. The molecule has 1 atom stereocenters. The van der Waals surface area contributed by atoms with Gasteiger partial charge in [0, 0.05) is 6.20 Å². The summed E-state index contributed by atoms with van der Waals surface area (Å²) in [5.74, 6) is -0.440. The van der Waals surface area contributed by atoms with Crippen LogP contribution in [0.1, 0.15) is 28.9 Å². The van der Waals surface area contributed by atoms with Crippen LogP contribution in [0.15, 0.2) is 41.3 Å². The molecule has 1 aromatic carbocycles. The second-order valence-electron chi connectivity index (χ2n) is 5.18. The maximum atomic E-state index is 13.4. The summed E-state index contributed by atoms with van der Waals surface area (Å²) < 4.78 is 13.8. The highest BCUT2D eigenvalue weighted by Crippen LogP contribution is 2.26. The number of pyridine rings is 1. The van der Waals surface area contributed by atoms with Gasteiger partial charge in [-0.15, -0.1) is 0 Å². The van der Waals surface area contributed by atoms with Gasteiger partial charge in [0.25, 0.3) is 5.91 Å². The molecule has 0 saturated heterocycles. The van der Waals surface area contributed by atoms with E-state index < -0.39 is 5.91 Å². The molecule has 3 aromatic rings. The smallest absolute Gasteiger partial charge is 0.251 e. The zero-order valence-electron chi connectivity index (χ0n) is 12.6. The van der Waals surface area contributed by atoms with Crippen LogP contribution < -0.4 is 11.1 Å². The highest BCUT2D eigenvalue weighted by molar-refractivity contribution is 9.10. The van der Waals surface area contributed by atoms with E-state index in [-0.39, 0.29) is 17.4 Å². The average Bonchev–Trinajstić information content (AvgIpc) is 2.57. The first kappa shape index (κ1) is 16.3. The minimum atomic E-state index is -0.581. The van der Waals surface area contributed by atoms with E-state index in [4.69, 9.17) is 5.73 Å². The summed E-state index contributed by atoms with van der Waals surface area (Å²) in [4.78, 5) is 24.0. The zero-order chi connectivity index (χ0) is 17.3. The lowest BCUT2D eigenvalue weighted by atomic mass is 10.1. The van der Waals surface area contributed by atoms with Crippen molar-refractivity contribution in [3.8, 4) is 0 Å². The van der Waals surface area contributed by atoms with Crippen LogP contribution >= 0.6 is 15.9 Å². The minimum Gasteiger partial charge on any atom is -0.366 e. The zero-order valence-corrected chi connectivity index (χ0v) is 14.2. The Hall–Kier alpha value is -2.61. The van der Waals surface area contributed by atoms with Gasteiger partial charge in [-0.3, -0.25) is 9.78 Å². The number of nitrogens with two attached hydrogens (primary N) is 1. The summed E-state index contributed by atoms with van der Waals surface area (Å²) in [5, 5.41) is 3.20. The summed E-state index contributed by atoms with van der Waals surface area (Å²) in [7, 11) is 0. The molecule has 6 nitrogen and oxygen atoms in total. The number of rotatable bonds is 4.